The summed E-state index contributed by atoms with van der Waals surface area (Å²) in [6, 6.07) is 0.447. The van der Waals surface area contributed by atoms with E-state index in [2.05, 4.69) is 25.4 Å². The minimum Gasteiger partial charge on any atom is -0.465 e. The monoisotopic (exact) mass is 387 g/mol. The molecular formula is C10H14BrNO6S2. The number of aliphatic hydroxyl groups is 1. The zero-order valence-corrected chi connectivity index (χ0v) is 14.0. The molecule has 0 aromatic carbocycles. The number of halogens is 1. The number of hydrogen-bond donors (Lipinski definition) is 2. The van der Waals surface area contributed by atoms with Gasteiger partial charge in [0.15, 0.2) is 0 Å². The summed E-state index contributed by atoms with van der Waals surface area (Å²) in [6.07, 6.45) is 0. The summed E-state index contributed by atoms with van der Waals surface area (Å²) in [6.45, 7) is -0.375. The summed E-state index contributed by atoms with van der Waals surface area (Å²) in [5.74, 6) is -0.618. The average Bonchev–Trinajstić information content (AvgIpc) is 2.80. The van der Waals surface area contributed by atoms with E-state index >= 15 is 0 Å². The van der Waals surface area contributed by atoms with Crippen LogP contribution in [0.3, 0.4) is 0 Å². The Morgan fingerprint density at radius 1 is 1.55 bits per heavy atom. The molecule has 114 valence electrons. The van der Waals surface area contributed by atoms with Gasteiger partial charge in [-0.2, -0.15) is 0 Å². The molecule has 1 rings (SSSR count). The second-order valence-electron chi connectivity index (χ2n) is 3.70. The first-order chi connectivity index (χ1) is 9.35. The molecule has 10 heteroatoms. The number of methoxy groups -OCH3 is 2. The number of ether oxygens (including phenoxy) is 2. The predicted octanol–water partition coefficient (Wildman–Crippen LogP) is 0.583. The van der Waals surface area contributed by atoms with E-state index in [0.29, 0.717) is 0 Å². The quantitative estimate of drug-likeness (QED) is 0.663. The molecule has 0 saturated heterocycles. The van der Waals surface area contributed by atoms with Crippen molar-refractivity contribution in [3.63, 3.8) is 0 Å². The number of sulfonamides is 1. The van der Waals surface area contributed by atoms with Gasteiger partial charge in [0.25, 0.3) is 0 Å². The van der Waals surface area contributed by atoms with E-state index in [1.54, 1.807) is 0 Å². The highest BCUT2D eigenvalue weighted by Gasteiger charge is 2.26. The molecule has 0 fully saturated rings. The third kappa shape index (κ3) is 4.24. The first-order valence-electron chi connectivity index (χ1n) is 5.35. The number of nitrogens with one attached hydrogen (secondary N) is 1. The highest BCUT2D eigenvalue weighted by atomic mass is 79.9. The smallest absolute Gasteiger partial charge is 0.348 e. The summed E-state index contributed by atoms with van der Waals surface area (Å²) >= 11 is 4.05. The van der Waals surface area contributed by atoms with Crippen molar-refractivity contribution < 1.29 is 27.8 Å². The maximum absolute atomic E-state index is 12.2. The lowest BCUT2D eigenvalue weighted by Crippen LogP contribution is -2.40. The Balaban J connectivity index is 3.03. The molecule has 0 bridgehead atoms. The number of hydrogen-bond acceptors (Lipinski definition) is 7. The molecular weight excluding hydrogens is 374 g/mol. The Hall–Kier alpha value is -0.520. The normalized spacial score (nSPS) is 13.2. The molecule has 1 atom stereocenters. The van der Waals surface area contributed by atoms with Crippen LogP contribution in [0.25, 0.3) is 0 Å². The molecule has 20 heavy (non-hydrogen) atoms. The lowest BCUT2D eigenvalue weighted by molar-refractivity contribution is 0.0606. The topological polar surface area (TPSA) is 102 Å². The zero-order valence-electron chi connectivity index (χ0n) is 10.8. The Bertz CT molecular complexity index is 570. The maximum atomic E-state index is 12.2. The molecule has 0 aliphatic heterocycles. The molecule has 1 unspecified atom stereocenters. The van der Waals surface area contributed by atoms with Gasteiger partial charge in [-0.1, -0.05) is 0 Å². The Morgan fingerprint density at radius 3 is 2.70 bits per heavy atom. The van der Waals surface area contributed by atoms with Gasteiger partial charge in [-0.3, -0.25) is 0 Å². The molecule has 0 aliphatic carbocycles. The SMILES string of the molecule is COCC(CO)NS(=O)(=O)c1cc(C(=O)OC)sc1Br. The Labute approximate surface area is 129 Å². The first kappa shape index (κ1) is 17.5. The molecule has 1 aromatic rings. The summed E-state index contributed by atoms with van der Waals surface area (Å²) < 4.78 is 36.2. The van der Waals surface area contributed by atoms with Crippen LogP contribution < -0.4 is 4.72 Å². The van der Waals surface area contributed by atoms with E-state index in [-0.39, 0.29) is 20.2 Å². The van der Waals surface area contributed by atoms with Crippen LogP contribution in [0, 0.1) is 0 Å². The number of thiophene rings is 1. The zero-order chi connectivity index (χ0) is 15.3. The molecule has 0 spiro atoms. The van der Waals surface area contributed by atoms with Gasteiger partial charge in [-0.15, -0.1) is 11.3 Å². The highest BCUT2D eigenvalue weighted by molar-refractivity contribution is 9.11. The predicted molar refractivity (Wildman–Crippen MR) is 76.4 cm³/mol. The summed E-state index contributed by atoms with van der Waals surface area (Å²) in [4.78, 5) is 11.5. The van der Waals surface area contributed by atoms with Crippen molar-refractivity contribution in [2.75, 3.05) is 27.4 Å². The Kier molecular flexibility index (Phi) is 6.55. The van der Waals surface area contributed by atoms with E-state index in [1.165, 1.54) is 20.3 Å². The van der Waals surface area contributed by atoms with E-state index in [1.807, 2.05) is 0 Å². The molecule has 0 amide bonds. The first-order valence-corrected chi connectivity index (χ1v) is 8.44. The third-order valence-corrected chi connectivity index (χ3v) is 5.99. The standard InChI is InChI=1S/C10H14BrNO6S2/c1-17-5-6(4-13)12-20(15,16)8-3-7(10(14)18-2)19-9(8)11/h3,6,12-13H,4-5H2,1-2H3. The van der Waals surface area contributed by atoms with Crippen molar-refractivity contribution in [3.05, 3.63) is 14.7 Å². The van der Waals surface area contributed by atoms with E-state index in [4.69, 9.17) is 9.84 Å². The fourth-order valence-corrected chi connectivity index (χ4v) is 5.04. The number of esters is 1. The van der Waals surface area contributed by atoms with Gasteiger partial charge in [-0.05, 0) is 22.0 Å². The van der Waals surface area contributed by atoms with Crippen LogP contribution in [-0.2, 0) is 19.5 Å². The molecule has 7 nitrogen and oxygen atoms in total. The van der Waals surface area contributed by atoms with Crippen molar-refractivity contribution >= 4 is 43.3 Å². The molecule has 1 aromatic heterocycles. The van der Waals surface area contributed by atoms with Crippen LogP contribution >= 0.6 is 27.3 Å². The van der Waals surface area contributed by atoms with Crippen LogP contribution in [0.15, 0.2) is 14.7 Å². The molecule has 2 N–H and O–H groups in total. The maximum Gasteiger partial charge on any atom is 0.348 e. The molecule has 0 saturated carbocycles. The highest BCUT2D eigenvalue weighted by Crippen LogP contribution is 2.32. The van der Waals surface area contributed by atoms with E-state index in [0.717, 1.165) is 11.3 Å². The molecule has 1 heterocycles. The number of rotatable bonds is 7. The van der Waals surface area contributed by atoms with Crippen molar-refractivity contribution in [2.45, 2.75) is 10.9 Å². The van der Waals surface area contributed by atoms with E-state index < -0.39 is 28.6 Å². The summed E-state index contributed by atoms with van der Waals surface area (Å²) in [5.41, 5.74) is 0. The van der Waals surface area contributed by atoms with Gasteiger partial charge in [0.1, 0.15) is 9.77 Å². The van der Waals surface area contributed by atoms with Gasteiger partial charge in [-0.25, -0.2) is 17.9 Å². The van der Waals surface area contributed by atoms with Crippen molar-refractivity contribution in [3.8, 4) is 0 Å². The van der Waals surface area contributed by atoms with Crippen LogP contribution in [0.4, 0.5) is 0 Å². The summed E-state index contributed by atoms with van der Waals surface area (Å²) in [5, 5.41) is 9.08. The fourth-order valence-electron chi connectivity index (χ4n) is 1.34. The number of carbonyl (C=O) groups is 1. The largest absolute Gasteiger partial charge is 0.465 e. The minimum absolute atomic E-state index is 0.0291. The lowest BCUT2D eigenvalue weighted by atomic mass is 10.4. The van der Waals surface area contributed by atoms with Crippen LogP contribution in [-0.4, -0.2) is 53.0 Å². The van der Waals surface area contributed by atoms with Crippen LogP contribution in [0.1, 0.15) is 9.67 Å². The second kappa shape index (κ2) is 7.48. The van der Waals surface area contributed by atoms with Gasteiger partial charge in [0, 0.05) is 7.11 Å². The third-order valence-electron chi connectivity index (χ3n) is 2.24. The van der Waals surface area contributed by atoms with Crippen LogP contribution in [0.5, 0.6) is 0 Å². The number of aliphatic hydroxyl groups excluding tert-OH is 1. The molecule has 0 aliphatic rings. The van der Waals surface area contributed by atoms with Crippen LogP contribution in [0.2, 0.25) is 0 Å². The fraction of sp³-hybridized carbons (Fsp3) is 0.500. The van der Waals surface area contributed by atoms with Crippen molar-refractivity contribution in [2.24, 2.45) is 0 Å². The van der Waals surface area contributed by atoms with Gasteiger partial charge in [0.05, 0.1) is 30.2 Å². The molecule has 0 radical (unpaired) electrons. The lowest BCUT2D eigenvalue weighted by Gasteiger charge is -2.14. The number of carbonyl (C=O) groups excluding carboxylic acids is 1. The van der Waals surface area contributed by atoms with Crippen molar-refractivity contribution in [1.82, 2.24) is 4.72 Å². The van der Waals surface area contributed by atoms with Gasteiger partial charge >= 0.3 is 5.97 Å². The van der Waals surface area contributed by atoms with E-state index in [9.17, 15) is 13.2 Å². The average molecular weight is 388 g/mol. The minimum atomic E-state index is -3.88. The van der Waals surface area contributed by atoms with Gasteiger partial charge < -0.3 is 14.6 Å². The van der Waals surface area contributed by atoms with Gasteiger partial charge in [0.2, 0.25) is 10.0 Å². The second-order valence-corrected chi connectivity index (χ2v) is 7.75. The Morgan fingerprint density at radius 2 is 2.20 bits per heavy atom. The summed E-state index contributed by atoms with van der Waals surface area (Å²) in [7, 11) is -1.27. The van der Waals surface area contributed by atoms with Crippen molar-refractivity contribution in [1.29, 1.82) is 0 Å².